The minimum Gasteiger partial charge on any atom is -0.494 e. The van der Waals surface area contributed by atoms with Crippen LogP contribution in [0, 0.1) is 0 Å². The Hall–Kier alpha value is -2.69. The van der Waals surface area contributed by atoms with E-state index in [2.05, 4.69) is 11.4 Å². The number of fused-ring (bicyclic) bond motifs is 1. The van der Waals surface area contributed by atoms with Crippen LogP contribution in [0.2, 0.25) is 0 Å². The smallest absolute Gasteiger partial charge is 0.220 e. The highest BCUT2D eigenvalue weighted by Gasteiger charge is 2.25. The number of rotatable bonds is 9. The standard InChI is InChI=1S/C22H27NO4/c1-25-20-13-16-10-11-17(19(16)14-21(20)26-2)15-23-22(24)9-6-12-27-18-7-4-3-5-8-18/h3-5,7-8,13-14,17H,6,9-12,15H2,1-2H3,(H,23,24). The van der Waals surface area contributed by atoms with Crippen LogP contribution in [0.4, 0.5) is 0 Å². The molecular weight excluding hydrogens is 342 g/mol. The molecule has 1 aliphatic carbocycles. The van der Waals surface area contributed by atoms with Crippen molar-refractivity contribution in [2.24, 2.45) is 0 Å². The van der Waals surface area contributed by atoms with E-state index in [9.17, 15) is 4.79 Å². The van der Waals surface area contributed by atoms with Crippen LogP contribution >= 0.6 is 0 Å². The molecule has 0 aromatic heterocycles. The number of para-hydroxylation sites is 1. The zero-order valence-electron chi connectivity index (χ0n) is 16.0. The number of carbonyl (C=O) groups is 1. The van der Waals surface area contributed by atoms with Gasteiger partial charge in [0.2, 0.25) is 5.91 Å². The van der Waals surface area contributed by atoms with Gasteiger partial charge in [0, 0.05) is 18.9 Å². The molecule has 5 heteroatoms. The Bertz CT molecular complexity index is 760. The Balaban J connectivity index is 1.44. The van der Waals surface area contributed by atoms with Gasteiger partial charge in [-0.15, -0.1) is 0 Å². The van der Waals surface area contributed by atoms with E-state index in [0.29, 0.717) is 31.9 Å². The van der Waals surface area contributed by atoms with Crippen molar-refractivity contribution in [2.75, 3.05) is 27.4 Å². The van der Waals surface area contributed by atoms with Crippen molar-refractivity contribution in [3.05, 3.63) is 53.6 Å². The molecule has 1 N–H and O–H groups in total. The highest BCUT2D eigenvalue weighted by atomic mass is 16.5. The number of hydrogen-bond donors (Lipinski definition) is 1. The zero-order chi connectivity index (χ0) is 19.1. The van der Waals surface area contributed by atoms with Crippen molar-refractivity contribution in [3.63, 3.8) is 0 Å². The fourth-order valence-corrected chi connectivity index (χ4v) is 3.50. The molecule has 0 aliphatic heterocycles. The fourth-order valence-electron chi connectivity index (χ4n) is 3.50. The van der Waals surface area contributed by atoms with Gasteiger partial charge in [0.25, 0.3) is 0 Å². The Kier molecular flexibility index (Phi) is 6.58. The molecule has 0 heterocycles. The maximum Gasteiger partial charge on any atom is 0.220 e. The number of methoxy groups -OCH3 is 2. The van der Waals surface area contributed by atoms with Crippen LogP contribution in [-0.2, 0) is 11.2 Å². The third kappa shape index (κ3) is 4.94. The average molecular weight is 369 g/mol. The lowest BCUT2D eigenvalue weighted by Gasteiger charge is -2.15. The third-order valence-electron chi connectivity index (χ3n) is 4.95. The minimum absolute atomic E-state index is 0.0700. The molecule has 27 heavy (non-hydrogen) atoms. The largest absolute Gasteiger partial charge is 0.494 e. The van der Waals surface area contributed by atoms with Gasteiger partial charge in [-0.3, -0.25) is 4.79 Å². The molecule has 1 unspecified atom stereocenters. The average Bonchev–Trinajstić information content (AvgIpc) is 3.11. The molecule has 0 saturated carbocycles. The summed E-state index contributed by atoms with van der Waals surface area (Å²) in [6, 6.07) is 13.8. The van der Waals surface area contributed by atoms with Crippen molar-refractivity contribution in [1.29, 1.82) is 0 Å². The van der Waals surface area contributed by atoms with Crippen molar-refractivity contribution < 1.29 is 19.0 Å². The molecule has 0 spiro atoms. The van der Waals surface area contributed by atoms with Crippen molar-refractivity contribution in [3.8, 4) is 17.2 Å². The molecule has 3 rings (SSSR count). The second-order valence-corrected chi connectivity index (χ2v) is 6.71. The lowest BCUT2D eigenvalue weighted by atomic mass is 10.0. The van der Waals surface area contributed by atoms with Crippen LogP contribution in [0.15, 0.2) is 42.5 Å². The Labute approximate surface area is 160 Å². The Morgan fingerprint density at radius 2 is 1.85 bits per heavy atom. The van der Waals surface area contributed by atoms with Gasteiger partial charge < -0.3 is 19.5 Å². The van der Waals surface area contributed by atoms with Gasteiger partial charge in [-0.05, 0) is 54.7 Å². The normalized spacial score (nSPS) is 15.1. The Morgan fingerprint density at radius 3 is 2.59 bits per heavy atom. The van der Waals surface area contributed by atoms with Crippen molar-refractivity contribution in [1.82, 2.24) is 5.32 Å². The summed E-state index contributed by atoms with van der Waals surface area (Å²) in [6.45, 7) is 1.20. The number of ether oxygens (including phenoxy) is 3. The fraction of sp³-hybridized carbons (Fsp3) is 0.409. The minimum atomic E-state index is 0.0700. The SMILES string of the molecule is COc1cc2c(cc1OC)C(CNC(=O)CCCOc1ccccc1)CC2. The van der Waals surface area contributed by atoms with Gasteiger partial charge in [-0.2, -0.15) is 0 Å². The van der Waals surface area contributed by atoms with E-state index < -0.39 is 0 Å². The lowest BCUT2D eigenvalue weighted by molar-refractivity contribution is -0.121. The van der Waals surface area contributed by atoms with Gasteiger partial charge in [0.15, 0.2) is 11.5 Å². The first kappa shape index (κ1) is 19.1. The van der Waals surface area contributed by atoms with Crippen LogP contribution < -0.4 is 19.5 Å². The maximum absolute atomic E-state index is 12.1. The molecule has 5 nitrogen and oxygen atoms in total. The van der Waals surface area contributed by atoms with Crippen LogP contribution in [0.3, 0.4) is 0 Å². The zero-order valence-corrected chi connectivity index (χ0v) is 16.0. The molecule has 0 bridgehead atoms. The van der Waals surface area contributed by atoms with E-state index in [1.165, 1.54) is 11.1 Å². The number of benzene rings is 2. The number of aryl methyl sites for hydroxylation is 1. The molecule has 0 fully saturated rings. The van der Waals surface area contributed by atoms with Crippen LogP contribution in [0.1, 0.15) is 36.3 Å². The molecule has 1 atom stereocenters. The van der Waals surface area contributed by atoms with E-state index in [1.54, 1.807) is 14.2 Å². The molecule has 1 amide bonds. The summed E-state index contributed by atoms with van der Waals surface area (Å²) in [5.74, 6) is 2.74. The quantitative estimate of drug-likeness (QED) is 0.685. The molecule has 1 aliphatic rings. The van der Waals surface area contributed by atoms with Crippen LogP contribution in [-0.4, -0.2) is 33.3 Å². The van der Waals surface area contributed by atoms with Gasteiger partial charge >= 0.3 is 0 Å². The predicted molar refractivity (Wildman–Crippen MR) is 105 cm³/mol. The Morgan fingerprint density at radius 1 is 1.11 bits per heavy atom. The first-order valence-electron chi connectivity index (χ1n) is 9.40. The monoisotopic (exact) mass is 369 g/mol. The number of nitrogens with one attached hydrogen (secondary N) is 1. The number of hydrogen-bond acceptors (Lipinski definition) is 4. The highest BCUT2D eigenvalue weighted by molar-refractivity contribution is 5.76. The molecule has 0 radical (unpaired) electrons. The maximum atomic E-state index is 12.1. The predicted octanol–water partition coefficient (Wildman–Crippen LogP) is 3.71. The number of carbonyl (C=O) groups excluding carboxylic acids is 1. The third-order valence-corrected chi connectivity index (χ3v) is 4.95. The summed E-state index contributed by atoms with van der Waals surface area (Å²) in [5.41, 5.74) is 2.53. The topological polar surface area (TPSA) is 56.8 Å². The van der Waals surface area contributed by atoms with E-state index in [0.717, 1.165) is 30.1 Å². The first-order valence-corrected chi connectivity index (χ1v) is 9.40. The summed E-state index contributed by atoms with van der Waals surface area (Å²) >= 11 is 0. The second-order valence-electron chi connectivity index (χ2n) is 6.71. The lowest BCUT2D eigenvalue weighted by Crippen LogP contribution is -2.27. The van der Waals surface area contributed by atoms with E-state index >= 15 is 0 Å². The van der Waals surface area contributed by atoms with E-state index in [1.807, 2.05) is 36.4 Å². The number of amides is 1. The van der Waals surface area contributed by atoms with Crippen molar-refractivity contribution in [2.45, 2.75) is 31.6 Å². The second kappa shape index (κ2) is 9.31. The van der Waals surface area contributed by atoms with E-state index in [-0.39, 0.29) is 5.91 Å². The molecule has 0 saturated heterocycles. The van der Waals surface area contributed by atoms with Gasteiger partial charge in [0.1, 0.15) is 5.75 Å². The summed E-state index contributed by atoms with van der Waals surface area (Å²) in [7, 11) is 3.30. The molecule has 2 aromatic rings. The highest BCUT2D eigenvalue weighted by Crippen LogP contribution is 2.40. The van der Waals surface area contributed by atoms with Crippen LogP contribution in [0.25, 0.3) is 0 Å². The van der Waals surface area contributed by atoms with E-state index in [4.69, 9.17) is 14.2 Å². The summed E-state index contributed by atoms with van der Waals surface area (Å²) < 4.78 is 16.4. The van der Waals surface area contributed by atoms with Gasteiger partial charge in [0.05, 0.1) is 20.8 Å². The van der Waals surface area contributed by atoms with Gasteiger partial charge in [-0.25, -0.2) is 0 Å². The summed E-state index contributed by atoms with van der Waals surface area (Å²) in [5, 5.41) is 3.06. The summed E-state index contributed by atoms with van der Waals surface area (Å²) in [6.07, 6.45) is 3.20. The van der Waals surface area contributed by atoms with Crippen molar-refractivity contribution >= 4 is 5.91 Å². The van der Waals surface area contributed by atoms with Crippen LogP contribution in [0.5, 0.6) is 17.2 Å². The first-order chi connectivity index (χ1) is 13.2. The van der Waals surface area contributed by atoms with Gasteiger partial charge in [-0.1, -0.05) is 18.2 Å². The molecule has 2 aromatic carbocycles. The molecule has 144 valence electrons. The summed E-state index contributed by atoms with van der Waals surface area (Å²) in [4.78, 5) is 12.1. The molecular formula is C22H27NO4.